The number of ether oxygens (including phenoxy) is 3. The molecule has 2 aromatic rings. The molecule has 1 heterocycles. The molecule has 0 aromatic heterocycles. The summed E-state index contributed by atoms with van der Waals surface area (Å²) in [4.78, 5) is 6.93. The van der Waals surface area contributed by atoms with Gasteiger partial charge in [-0.05, 0) is 49.7 Å². The van der Waals surface area contributed by atoms with Gasteiger partial charge in [0.1, 0.15) is 5.75 Å². The van der Waals surface area contributed by atoms with Crippen LogP contribution in [0, 0.1) is 0 Å². The number of hydrogen-bond acceptors (Lipinski definition) is 5. The summed E-state index contributed by atoms with van der Waals surface area (Å²) in [5, 5.41) is 6.89. The van der Waals surface area contributed by atoms with Crippen molar-refractivity contribution in [2.24, 2.45) is 4.99 Å². The Labute approximate surface area is 208 Å². The molecule has 0 amide bonds. The monoisotopic (exact) mass is 554 g/mol. The summed E-state index contributed by atoms with van der Waals surface area (Å²) < 4.78 is 16.4. The Morgan fingerprint density at radius 1 is 1.00 bits per heavy atom. The first-order valence-electron chi connectivity index (χ1n) is 10.7. The highest BCUT2D eigenvalue weighted by Gasteiger charge is 2.24. The van der Waals surface area contributed by atoms with Crippen LogP contribution in [0.15, 0.2) is 47.5 Å². The molecule has 0 bridgehead atoms. The molecule has 176 valence electrons. The van der Waals surface area contributed by atoms with Crippen LogP contribution in [0.25, 0.3) is 0 Å². The van der Waals surface area contributed by atoms with Crippen LogP contribution in [0.4, 0.5) is 0 Å². The summed E-state index contributed by atoms with van der Waals surface area (Å²) in [5.74, 6) is 3.09. The highest BCUT2D eigenvalue weighted by Crippen LogP contribution is 2.30. The number of benzene rings is 2. The predicted molar refractivity (Wildman–Crippen MR) is 140 cm³/mol. The number of methoxy groups -OCH3 is 3. The zero-order chi connectivity index (χ0) is 22.1. The van der Waals surface area contributed by atoms with E-state index >= 15 is 0 Å². The number of nitrogens with one attached hydrogen (secondary N) is 2. The summed E-state index contributed by atoms with van der Waals surface area (Å²) in [6.45, 7) is 3.54. The number of para-hydroxylation sites is 1. The van der Waals surface area contributed by atoms with Gasteiger partial charge in [0.15, 0.2) is 17.5 Å². The molecular weight excluding hydrogens is 519 g/mol. The lowest BCUT2D eigenvalue weighted by atomic mass is 10.1. The maximum absolute atomic E-state index is 5.53. The van der Waals surface area contributed by atoms with E-state index in [1.165, 1.54) is 18.4 Å². The van der Waals surface area contributed by atoms with Crippen LogP contribution in [0.3, 0.4) is 0 Å². The van der Waals surface area contributed by atoms with Crippen molar-refractivity contribution in [3.63, 3.8) is 0 Å². The number of nitrogens with zero attached hydrogens (tertiary/aromatic N) is 2. The fourth-order valence-electron chi connectivity index (χ4n) is 4.05. The van der Waals surface area contributed by atoms with Crippen LogP contribution in [-0.4, -0.2) is 58.9 Å². The van der Waals surface area contributed by atoms with E-state index in [0.717, 1.165) is 48.4 Å². The molecule has 0 spiro atoms. The number of likely N-dealkylation sites (tertiary alicyclic amines) is 1. The zero-order valence-electron chi connectivity index (χ0n) is 19.4. The number of rotatable bonds is 9. The van der Waals surface area contributed by atoms with E-state index in [0.29, 0.717) is 6.54 Å². The molecule has 1 aliphatic rings. The van der Waals surface area contributed by atoms with Gasteiger partial charge in [-0.1, -0.05) is 24.3 Å². The predicted octanol–water partition coefficient (Wildman–Crippen LogP) is 3.83. The maximum Gasteiger partial charge on any atom is 0.191 e. The van der Waals surface area contributed by atoms with Gasteiger partial charge in [0, 0.05) is 25.7 Å². The third-order valence-corrected chi connectivity index (χ3v) is 5.68. The van der Waals surface area contributed by atoms with Crippen LogP contribution < -0.4 is 24.8 Å². The first-order chi connectivity index (χ1) is 15.2. The van der Waals surface area contributed by atoms with E-state index in [4.69, 9.17) is 14.2 Å². The third kappa shape index (κ3) is 6.65. The van der Waals surface area contributed by atoms with E-state index in [9.17, 15) is 0 Å². The third-order valence-electron chi connectivity index (χ3n) is 5.68. The van der Waals surface area contributed by atoms with Crippen molar-refractivity contribution in [2.75, 3.05) is 48.0 Å². The average Bonchev–Trinajstić information content (AvgIpc) is 3.35. The summed E-state index contributed by atoms with van der Waals surface area (Å²) in [5.41, 5.74) is 2.26. The molecule has 2 aromatic carbocycles. The largest absolute Gasteiger partial charge is 0.497 e. The molecule has 3 rings (SSSR count). The van der Waals surface area contributed by atoms with Crippen molar-refractivity contribution in [1.82, 2.24) is 15.5 Å². The van der Waals surface area contributed by atoms with Gasteiger partial charge in [0.2, 0.25) is 0 Å². The lowest BCUT2D eigenvalue weighted by molar-refractivity contribution is 0.245. The lowest BCUT2D eigenvalue weighted by Gasteiger charge is -2.29. The second-order valence-electron chi connectivity index (χ2n) is 7.49. The molecule has 0 aliphatic carbocycles. The Kier molecular flexibility index (Phi) is 10.9. The minimum atomic E-state index is 0. The van der Waals surface area contributed by atoms with Crippen LogP contribution in [0.1, 0.15) is 30.0 Å². The number of halogens is 1. The second kappa shape index (κ2) is 13.4. The van der Waals surface area contributed by atoms with Crippen LogP contribution in [-0.2, 0) is 6.54 Å². The SMILES string of the molecule is CN=C(NCc1cccc(OC)c1OC)NCC(c1cccc(OC)c1)N1CCCC1.I. The Morgan fingerprint density at radius 2 is 1.75 bits per heavy atom. The van der Waals surface area contributed by atoms with Crippen molar-refractivity contribution in [1.29, 1.82) is 0 Å². The molecule has 7 nitrogen and oxygen atoms in total. The highest BCUT2D eigenvalue weighted by molar-refractivity contribution is 14.0. The van der Waals surface area contributed by atoms with Gasteiger partial charge in [-0.15, -0.1) is 24.0 Å². The normalized spacial score (nSPS) is 14.9. The Hall–Kier alpha value is -2.20. The summed E-state index contributed by atoms with van der Waals surface area (Å²) in [7, 11) is 6.80. The maximum atomic E-state index is 5.53. The Morgan fingerprint density at radius 3 is 2.41 bits per heavy atom. The van der Waals surface area contributed by atoms with Gasteiger partial charge >= 0.3 is 0 Å². The van der Waals surface area contributed by atoms with Crippen molar-refractivity contribution in [2.45, 2.75) is 25.4 Å². The lowest BCUT2D eigenvalue weighted by Crippen LogP contribution is -2.42. The van der Waals surface area contributed by atoms with Gasteiger partial charge in [0.25, 0.3) is 0 Å². The van der Waals surface area contributed by atoms with Gasteiger partial charge in [-0.2, -0.15) is 0 Å². The molecule has 0 radical (unpaired) electrons. The topological polar surface area (TPSA) is 67.4 Å². The zero-order valence-corrected chi connectivity index (χ0v) is 21.7. The summed E-state index contributed by atoms with van der Waals surface area (Å²) in [6.07, 6.45) is 2.48. The quantitative estimate of drug-likeness (QED) is 0.279. The summed E-state index contributed by atoms with van der Waals surface area (Å²) >= 11 is 0. The van der Waals surface area contributed by atoms with E-state index in [2.05, 4.69) is 38.7 Å². The van der Waals surface area contributed by atoms with Crippen molar-refractivity contribution in [3.05, 3.63) is 53.6 Å². The van der Waals surface area contributed by atoms with Crippen molar-refractivity contribution < 1.29 is 14.2 Å². The highest BCUT2D eigenvalue weighted by atomic mass is 127. The average molecular weight is 554 g/mol. The molecule has 1 atom stereocenters. The Bertz CT molecular complexity index is 872. The molecule has 8 heteroatoms. The van der Waals surface area contributed by atoms with Crippen LogP contribution >= 0.6 is 24.0 Å². The van der Waals surface area contributed by atoms with E-state index in [1.54, 1.807) is 28.4 Å². The number of aliphatic imine (C=N–C) groups is 1. The fourth-order valence-corrected chi connectivity index (χ4v) is 4.05. The molecule has 32 heavy (non-hydrogen) atoms. The van der Waals surface area contributed by atoms with Crippen molar-refractivity contribution in [3.8, 4) is 17.2 Å². The molecule has 1 fully saturated rings. The number of guanidine groups is 1. The Balaban J connectivity index is 0.00000363. The fraction of sp³-hybridized carbons (Fsp3) is 0.458. The van der Waals surface area contributed by atoms with Gasteiger partial charge in [-0.25, -0.2) is 0 Å². The van der Waals surface area contributed by atoms with Gasteiger partial charge in [0.05, 0.1) is 27.4 Å². The minimum Gasteiger partial charge on any atom is -0.497 e. The first-order valence-corrected chi connectivity index (χ1v) is 10.7. The first kappa shape index (κ1) is 26.1. The standard InChI is InChI=1S/C24H34N4O3.HI/c1-25-24(26-16-19-10-8-12-22(30-3)23(19)31-4)27-17-21(28-13-5-6-14-28)18-9-7-11-20(15-18)29-2;/h7-12,15,21H,5-6,13-14,16-17H2,1-4H3,(H2,25,26,27);1H. The van der Waals surface area contributed by atoms with Gasteiger partial charge < -0.3 is 24.8 Å². The number of hydrogen-bond donors (Lipinski definition) is 2. The minimum absolute atomic E-state index is 0. The van der Waals surface area contributed by atoms with E-state index in [1.807, 2.05) is 24.3 Å². The smallest absolute Gasteiger partial charge is 0.191 e. The van der Waals surface area contributed by atoms with Crippen LogP contribution in [0.5, 0.6) is 17.2 Å². The summed E-state index contributed by atoms with van der Waals surface area (Å²) in [6, 6.07) is 14.5. The van der Waals surface area contributed by atoms with Gasteiger partial charge in [-0.3, -0.25) is 9.89 Å². The second-order valence-corrected chi connectivity index (χ2v) is 7.49. The van der Waals surface area contributed by atoms with E-state index in [-0.39, 0.29) is 30.0 Å². The molecule has 1 unspecified atom stereocenters. The molecule has 0 saturated carbocycles. The van der Waals surface area contributed by atoms with E-state index < -0.39 is 0 Å². The molecule has 1 aliphatic heterocycles. The molecule has 1 saturated heterocycles. The van der Waals surface area contributed by atoms with Crippen molar-refractivity contribution >= 4 is 29.9 Å². The molecule has 2 N–H and O–H groups in total. The van der Waals surface area contributed by atoms with Crippen LogP contribution in [0.2, 0.25) is 0 Å². The molecular formula is C24H35IN4O3.